The van der Waals surface area contributed by atoms with Gasteiger partial charge in [0.15, 0.2) is 0 Å². The van der Waals surface area contributed by atoms with Crippen LogP contribution in [0.15, 0.2) is 0 Å². The van der Waals surface area contributed by atoms with E-state index in [1.165, 1.54) is 154 Å². The van der Waals surface area contributed by atoms with Gasteiger partial charge in [-0.05, 0) is 38.5 Å². The molecule has 39 heavy (non-hydrogen) atoms. The molecule has 236 valence electrons. The number of nitrogens with zero attached hydrogens (tertiary/aromatic N) is 1. The standard InChI is InChI=1S/C34H71NO3S/c1-4-7-10-13-16-19-22-25-28-31-35(34-39(36,37)38,32-29-26-23-20-17-14-11-8-5-2)33-30-27-24-21-18-15-12-9-6-3/h4-34H2,1-3H3/p+1. The highest BCUT2D eigenvalue weighted by atomic mass is 32.2. The highest BCUT2D eigenvalue weighted by Crippen LogP contribution is 2.20. The number of rotatable bonds is 32. The van der Waals surface area contributed by atoms with Crippen molar-refractivity contribution in [3.05, 3.63) is 0 Å². The van der Waals surface area contributed by atoms with Crippen molar-refractivity contribution in [2.24, 2.45) is 0 Å². The first-order valence-corrected chi connectivity index (χ1v) is 19.3. The maximum atomic E-state index is 12.2. The summed E-state index contributed by atoms with van der Waals surface area (Å²) in [6.45, 7) is 9.51. The second kappa shape index (κ2) is 28.0. The van der Waals surface area contributed by atoms with Crippen LogP contribution in [0.2, 0.25) is 0 Å². The predicted molar refractivity (Wildman–Crippen MR) is 173 cm³/mol. The minimum Gasteiger partial charge on any atom is -0.309 e. The van der Waals surface area contributed by atoms with Gasteiger partial charge in [-0.1, -0.05) is 156 Å². The van der Waals surface area contributed by atoms with E-state index in [1.54, 1.807) is 0 Å². The monoisotopic (exact) mass is 575 g/mol. The number of hydrogen-bond donors (Lipinski definition) is 1. The Kier molecular flexibility index (Phi) is 27.9. The molecule has 0 saturated carbocycles. The summed E-state index contributed by atoms with van der Waals surface area (Å²) < 4.78 is 34.9. The first-order valence-electron chi connectivity index (χ1n) is 17.7. The van der Waals surface area contributed by atoms with E-state index >= 15 is 0 Å². The molecule has 0 saturated heterocycles. The van der Waals surface area contributed by atoms with Gasteiger partial charge < -0.3 is 4.48 Å². The Morgan fingerprint density at radius 1 is 0.385 bits per heavy atom. The highest BCUT2D eigenvalue weighted by molar-refractivity contribution is 7.85. The molecule has 0 aliphatic rings. The largest absolute Gasteiger partial charge is 0.316 e. The van der Waals surface area contributed by atoms with E-state index in [1.807, 2.05) is 0 Å². The predicted octanol–water partition coefficient (Wildman–Crippen LogP) is 11.2. The number of unbranched alkanes of at least 4 members (excludes halogenated alkanes) is 24. The Balaban J connectivity index is 4.70. The third-order valence-corrected chi connectivity index (χ3v) is 9.52. The molecular formula is C34H72NO3S+. The van der Waals surface area contributed by atoms with Gasteiger partial charge in [-0.25, -0.2) is 0 Å². The third-order valence-electron chi connectivity index (χ3n) is 8.65. The molecule has 0 spiro atoms. The van der Waals surface area contributed by atoms with Crippen molar-refractivity contribution in [3.8, 4) is 0 Å². The Bertz CT molecular complexity index is 538. The molecular weight excluding hydrogens is 502 g/mol. The van der Waals surface area contributed by atoms with Crippen molar-refractivity contribution in [3.63, 3.8) is 0 Å². The van der Waals surface area contributed by atoms with E-state index in [-0.39, 0.29) is 5.88 Å². The lowest BCUT2D eigenvalue weighted by Gasteiger charge is -2.38. The minimum absolute atomic E-state index is 0.0853. The van der Waals surface area contributed by atoms with Crippen molar-refractivity contribution >= 4 is 10.1 Å². The molecule has 0 aromatic carbocycles. The van der Waals surface area contributed by atoms with E-state index in [0.717, 1.165) is 38.9 Å². The van der Waals surface area contributed by atoms with Crippen molar-refractivity contribution in [1.29, 1.82) is 0 Å². The van der Waals surface area contributed by atoms with Crippen molar-refractivity contribution < 1.29 is 17.5 Å². The van der Waals surface area contributed by atoms with E-state index in [0.29, 0.717) is 4.48 Å². The molecule has 0 atom stereocenters. The summed E-state index contributed by atoms with van der Waals surface area (Å²) in [6.07, 6.45) is 34.6. The topological polar surface area (TPSA) is 54.4 Å². The fourth-order valence-corrected chi connectivity index (χ4v) is 7.23. The summed E-state index contributed by atoms with van der Waals surface area (Å²) in [4.78, 5) is 0. The lowest BCUT2D eigenvalue weighted by molar-refractivity contribution is -0.918. The van der Waals surface area contributed by atoms with Crippen LogP contribution in [0.3, 0.4) is 0 Å². The second-order valence-electron chi connectivity index (χ2n) is 12.7. The number of quaternary nitrogens is 1. The Hall–Kier alpha value is -0.130. The molecule has 0 aliphatic carbocycles. The van der Waals surface area contributed by atoms with Gasteiger partial charge in [-0.15, -0.1) is 0 Å². The SMILES string of the molecule is CCCCCCCCCCC[N+](CCCCCCCCCCC)(CCCCCCCCCCC)CS(=O)(=O)O. The van der Waals surface area contributed by atoms with Crippen LogP contribution in [-0.2, 0) is 10.1 Å². The molecule has 1 N–H and O–H groups in total. The average Bonchev–Trinajstić information content (AvgIpc) is 2.89. The molecule has 0 aromatic rings. The highest BCUT2D eigenvalue weighted by Gasteiger charge is 2.31. The van der Waals surface area contributed by atoms with E-state index < -0.39 is 10.1 Å². The summed E-state index contributed by atoms with van der Waals surface area (Å²) in [5, 5.41) is 0. The van der Waals surface area contributed by atoms with Crippen LogP contribution in [0.1, 0.15) is 194 Å². The molecule has 0 heterocycles. The van der Waals surface area contributed by atoms with Crippen LogP contribution in [-0.4, -0.2) is 43.0 Å². The average molecular weight is 575 g/mol. The molecule has 0 radical (unpaired) electrons. The van der Waals surface area contributed by atoms with Crippen molar-refractivity contribution in [2.75, 3.05) is 25.5 Å². The van der Waals surface area contributed by atoms with E-state index in [9.17, 15) is 13.0 Å². The van der Waals surface area contributed by atoms with Crippen LogP contribution < -0.4 is 0 Å². The summed E-state index contributed by atoms with van der Waals surface area (Å²) in [6, 6.07) is 0. The summed E-state index contributed by atoms with van der Waals surface area (Å²) in [5.74, 6) is -0.0853. The zero-order valence-corrected chi connectivity index (χ0v) is 27.9. The first kappa shape index (κ1) is 38.9. The van der Waals surface area contributed by atoms with Crippen LogP contribution in [0.5, 0.6) is 0 Å². The minimum atomic E-state index is -3.99. The molecule has 0 bridgehead atoms. The summed E-state index contributed by atoms with van der Waals surface area (Å²) in [5.41, 5.74) is 0. The molecule has 0 amide bonds. The van der Waals surface area contributed by atoms with Gasteiger partial charge in [-0.3, -0.25) is 4.55 Å². The van der Waals surface area contributed by atoms with E-state index in [2.05, 4.69) is 20.8 Å². The van der Waals surface area contributed by atoms with Crippen LogP contribution in [0.4, 0.5) is 0 Å². The van der Waals surface area contributed by atoms with Crippen LogP contribution >= 0.6 is 0 Å². The van der Waals surface area contributed by atoms with Gasteiger partial charge >= 0.3 is 10.1 Å². The Morgan fingerprint density at radius 3 is 0.795 bits per heavy atom. The van der Waals surface area contributed by atoms with E-state index in [4.69, 9.17) is 0 Å². The fourth-order valence-electron chi connectivity index (χ4n) is 6.15. The summed E-state index contributed by atoms with van der Waals surface area (Å²) >= 11 is 0. The molecule has 0 aliphatic heterocycles. The molecule has 4 nitrogen and oxygen atoms in total. The Labute approximate surface area is 246 Å². The first-order chi connectivity index (χ1) is 18.9. The normalized spacial score (nSPS) is 12.4. The van der Waals surface area contributed by atoms with Gasteiger partial charge in [0.25, 0.3) is 0 Å². The van der Waals surface area contributed by atoms with Crippen LogP contribution in [0, 0.1) is 0 Å². The molecule has 0 rings (SSSR count). The molecule has 0 aromatic heterocycles. The zero-order chi connectivity index (χ0) is 28.9. The maximum absolute atomic E-state index is 12.2. The third kappa shape index (κ3) is 27.8. The smallest absolute Gasteiger partial charge is 0.309 e. The molecule has 5 heteroatoms. The van der Waals surface area contributed by atoms with Crippen molar-refractivity contribution in [1.82, 2.24) is 0 Å². The number of hydrogen-bond acceptors (Lipinski definition) is 2. The lowest BCUT2D eigenvalue weighted by atomic mass is 10.0. The second-order valence-corrected chi connectivity index (χ2v) is 14.1. The lowest BCUT2D eigenvalue weighted by Crippen LogP contribution is -2.53. The van der Waals surface area contributed by atoms with Crippen LogP contribution in [0.25, 0.3) is 0 Å². The maximum Gasteiger partial charge on any atom is 0.316 e. The Morgan fingerprint density at radius 2 is 0.590 bits per heavy atom. The fraction of sp³-hybridized carbons (Fsp3) is 1.00. The van der Waals surface area contributed by atoms with Crippen molar-refractivity contribution in [2.45, 2.75) is 194 Å². The zero-order valence-electron chi connectivity index (χ0n) is 27.0. The molecule has 0 fully saturated rings. The van der Waals surface area contributed by atoms with Gasteiger partial charge in [-0.2, -0.15) is 8.42 Å². The summed E-state index contributed by atoms with van der Waals surface area (Å²) in [7, 11) is -3.99. The van der Waals surface area contributed by atoms with Gasteiger partial charge in [0, 0.05) is 0 Å². The quantitative estimate of drug-likeness (QED) is 0.0494. The van der Waals surface area contributed by atoms with Gasteiger partial charge in [0.2, 0.25) is 5.88 Å². The molecule has 0 unspecified atom stereocenters. The van der Waals surface area contributed by atoms with Gasteiger partial charge in [0.05, 0.1) is 19.6 Å². The van der Waals surface area contributed by atoms with Gasteiger partial charge in [0.1, 0.15) is 0 Å².